The van der Waals surface area contributed by atoms with Crippen LogP contribution < -0.4 is 0 Å². The molecule has 0 saturated heterocycles. The number of aromatic nitrogens is 2. The van der Waals surface area contributed by atoms with Crippen molar-refractivity contribution in [2.45, 2.75) is 34.6 Å². The van der Waals surface area contributed by atoms with E-state index in [1.54, 1.807) is 26.2 Å². The van der Waals surface area contributed by atoms with Crippen molar-refractivity contribution < 1.29 is 13.1 Å². The van der Waals surface area contributed by atoms with Gasteiger partial charge in [-0.05, 0) is 62.2 Å². The second kappa shape index (κ2) is 5.00. The van der Waals surface area contributed by atoms with E-state index in [1.165, 1.54) is 8.96 Å². The molecule has 4 rings (SSSR count). The number of rotatable bonds is 1. The van der Waals surface area contributed by atoms with Crippen molar-refractivity contribution in [1.82, 2.24) is 9.46 Å². The van der Waals surface area contributed by atoms with E-state index in [0.29, 0.717) is 22.8 Å². The maximum Gasteiger partial charge on any atom is 0.737 e. The molecule has 0 bridgehead atoms. The van der Waals surface area contributed by atoms with Crippen molar-refractivity contribution in [2.24, 2.45) is 0 Å². The molecule has 0 aliphatic carbocycles. The monoisotopic (exact) mass is 339 g/mol. The van der Waals surface area contributed by atoms with Crippen LogP contribution in [0.4, 0.5) is 8.63 Å². The standard InChI is InChI=1S/C19H20BF2N3/c1-11-8-14(4)24-18(11)17(16-6-7-23-10-13(16)3)19-12(2)9-15(5)25(19)20(24,21)22/h6-10H,1-5H3. The van der Waals surface area contributed by atoms with Crippen LogP contribution in [0.2, 0.25) is 0 Å². The Kier molecular flexibility index (Phi) is 3.20. The number of halogens is 2. The Labute approximate surface area is 146 Å². The number of hydrogen-bond donors (Lipinski definition) is 0. The maximum atomic E-state index is 15.5. The highest BCUT2D eigenvalue weighted by atomic mass is 19.2. The maximum absolute atomic E-state index is 15.5. The predicted octanol–water partition coefficient (Wildman–Crippen LogP) is 4.24. The molecular weight excluding hydrogens is 319 g/mol. The Hall–Kier alpha value is -2.50. The number of aryl methyl sites for hydroxylation is 3. The van der Waals surface area contributed by atoms with E-state index in [-0.39, 0.29) is 0 Å². The molecule has 0 fully saturated rings. The fourth-order valence-electron chi connectivity index (χ4n) is 4.31. The van der Waals surface area contributed by atoms with E-state index in [0.717, 1.165) is 27.8 Å². The van der Waals surface area contributed by atoms with Crippen LogP contribution in [0.25, 0.3) is 5.57 Å². The lowest BCUT2D eigenvalue weighted by atomic mass is 9.83. The van der Waals surface area contributed by atoms with Crippen LogP contribution in [0.1, 0.15) is 41.9 Å². The van der Waals surface area contributed by atoms with Gasteiger partial charge in [0, 0.05) is 36.7 Å². The van der Waals surface area contributed by atoms with Crippen LogP contribution in [-0.2, 0) is 0 Å². The van der Waals surface area contributed by atoms with Gasteiger partial charge in [-0.25, -0.2) is 0 Å². The lowest BCUT2D eigenvalue weighted by Crippen LogP contribution is -2.51. The Balaban J connectivity index is 2.22. The zero-order chi connectivity index (χ0) is 18.1. The average Bonchev–Trinajstić information content (AvgIpc) is 2.99. The Morgan fingerprint density at radius 3 is 2.48 bits per heavy atom. The quantitative estimate of drug-likeness (QED) is 0.712. The van der Waals surface area contributed by atoms with Gasteiger partial charge in [0.2, 0.25) is 0 Å². The van der Waals surface area contributed by atoms with Crippen molar-refractivity contribution in [2.75, 3.05) is 0 Å². The van der Waals surface area contributed by atoms with Crippen molar-refractivity contribution in [3.8, 4) is 0 Å². The third-order valence-electron chi connectivity index (χ3n) is 5.22. The minimum Gasteiger partial charge on any atom is -0.393 e. The highest BCUT2D eigenvalue weighted by Gasteiger charge is 2.55. The Morgan fingerprint density at radius 2 is 1.80 bits per heavy atom. The minimum absolute atomic E-state index is 0.582. The summed E-state index contributed by atoms with van der Waals surface area (Å²) >= 11 is 0. The summed E-state index contributed by atoms with van der Waals surface area (Å²) in [6.45, 7) is 5.36. The van der Waals surface area contributed by atoms with Gasteiger partial charge in [0.1, 0.15) is 5.71 Å². The predicted molar refractivity (Wildman–Crippen MR) is 97.0 cm³/mol. The highest BCUT2D eigenvalue weighted by Crippen LogP contribution is 2.44. The van der Waals surface area contributed by atoms with Crippen LogP contribution in [0.3, 0.4) is 0 Å². The lowest BCUT2D eigenvalue weighted by molar-refractivity contribution is -0.363. The first-order valence-electron chi connectivity index (χ1n) is 8.43. The zero-order valence-corrected chi connectivity index (χ0v) is 15.1. The van der Waals surface area contributed by atoms with Gasteiger partial charge < -0.3 is 17.6 Å². The summed E-state index contributed by atoms with van der Waals surface area (Å²) in [7, 11) is 0. The Morgan fingerprint density at radius 1 is 1.08 bits per heavy atom. The minimum atomic E-state index is -3.92. The van der Waals surface area contributed by atoms with Crippen molar-refractivity contribution in [3.05, 3.63) is 70.0 Å². The van der Waals surface area contributed by atoms with Crippen molar-refractivity contribution >= 4 is 18.3 Å². The second-order valence-electron chi connectivity index (χ2n) is 7.03. The van der Waals surface area contributed by atoms with Crippen LogP contribution >= 0.6 is 0 Å². The number of nitrogens with zero attached hydrogens (tertiary/aromatic N) is 3. The fourth-order valence-corrected chi connectivity index (χ4v) is 4.31. The molecule has 0 spiro atoms. The van der Waals surface area contributed by atoms with E-state index < -0.39 is 6.97 Å². The summed E-state index contributed by atoms with van der Waals surface area (Å²) in [4.78, 5) is 4.16. The number of allylic oxidation sites excluding steroid dienone is 2. The molecule has 0 aromatic carbocycles. The van der Waals surface area contributed by atoms with E-state index >= 15 is 8.63 Å². The van der Waals surface area contributed by atoms with E-state index in [2.05, 4.69) is 4.98 Å². The van der Waals surface area contributed by atoms with Crippen LogP contribution in [0.5, 0.6) is 0 Å². The summed E-state index contributed by atoms with van der Waals surface area (Å²) in [5.74, 6) is 0. The van der Waals surface area contributed by atoms with Crippen LogP contribution in [0, 0.1) is 20.8 Å². The van der Waals surface area contributed by atoms with Crippen LogP contribution in [0.15, 0.2) is 41.9 Å². The molecule has 3 nitrogen and oxygen atoms in total. The van der Waals surface area contributed by atoms with E-state index in [1.807, 2.05) is 39.0 Å². The molecule has 6 heteroatoms. The zero-order valence-electron chi connectivity index (χ0n) is 15.1. The largest absolute Gasteiger partial charge is 0.737 e. The van der Waals surface area contributed by atoms with Crippen molar-refractivity contribution in [1.29, 1.82) is 0 Å². The smallest absolute Gasteiger partial charge is 0.393 e. The molecule has 25 heavy (non-hydrogen) atoms. The van der Waals surface area contributed by atoms with E-state index in [9.17, 15) is 0 Å². The van der Waals surface area contributed by atoms with Crippen LogP contribution in [-0.4, -0.2) is 26.6 Å². The molecule has 0 amide bonds. The fraction of sp³-hybridized carbons (Fsp3) is 0.263. The first kappa shape index (κ1) is 16.0. The SMILES string of the molecule is CC1=CC(C)=[N+]2C1=C(c1ccncc1C)c1c(C)cc(C)n1[B-]2(F)F. The second-order valence-corrected chi connectivity index (χ2v) is 7.03. The molecular formula is C19H20BF2N3. The van der Waals surface area contributed by atoms with Gasteiger partial charge in [-0.1, -0.05) is 0 Å². The molecule has 0 N–H and O–H groups in total. The third-order valence-corrected chi connectivity index (χ3v) is 5.22. The molecule has 0 atom stereocenters. The van der Waals surface area contributed by atoms with Crippen molar-refractivity contribution in [3.63, 3.8) is 0 Å². The average molecular weight is 339 g/mol. The highest BCUT2D eigenvalue weighted by molar-refractivity contribution is 6.58. The molecule has 2 aromatic heterocycles. The first-order chi connectivity index (χ1) is 11.7. The molecule has 0 saturated carbocycles. The summed E-state index contributed by atoms with van der Waals surface area (Å²) in [6.07, 6.45) is 5.35. The third kappa shape index (κ3) is 1.97. The molecule has 2 aliphatic heterocycles. The normalized spacial score (nSPS) is 18.4. The molecule has 128 valence electrons. The first-order valence-corrected chi connectivity index (χ1v) is 8.43. The van der Waals surface area contributed by atoms with Gasteiger partial charge in [0.05, 0.1) is 5.57 Å². The summed E-state index contributed by atoms with van der Waals surface area (Å²) in [5.41, 5.74) is 6.93. The van der Waals surface area contributed by atoms with Gasteiger partial charge in [-0.2, -0.15) is 0 Å². The number of fused-ring (bicyclic) bond motifs is 2. The summed E-state index contributed by atoms with van der Waals surface area (Å²) in [6, 6.07) is 3.76. The van der Waals surface area contributed by atoms with Gasteiger partial charge >= 0.3 is 6.97 Å². The topological polar surface area (TPSA) is 20.8 Å². The lowest BCUT2D eigenvalue weighted by Gasteiger charge is -2.34. The Bertz CT molecular complexity index is 1030. The van der Waals surface area contributed by atoms with Gasteiger partial charge in [-0.3, -0.25) is 4.98 Å². The summed E-state index contributed by atoms with van der Waals surface area (Å²) in [5, 5.41) is 0. The molecule has 0 radical (unpaired) electrons. The number of hydrogen-bond acceptors (Lipinski definition) is 1. The van der Waals surface area contributed by atoms with Gasteiger partial charge in [0.15, 0.2) is 5.70 Å². The molecule has 2 aliphatic rings. The van der Waals surface area contributed by atoms with Gasteiger partial charge in [-0.15, -0.1) is 0 Å². The van der Waals surface area contributed by atoms with E-state index in [4.69, 9.17) is 0 Å². The number of pyridine rings is 1. The molecule has 4 heterocycles. The molecule has 0 unspecified atom stereocenters. The molecule has 2 aromatic rings. The summed E-state index contributed by atoms with van der Waals surface area (Å²) < 4.78 is 33.4. The van der Waals surface area contributed by atoms with Gasteiger partial charge in [0.25, 0.3) is 0 Å².